The molecular weight excluding hydrogens is 274 g/mol. The van der Waals surface area contributed by atoms with Gasteiger partial charge in [0.05, 0.1) is 5.52 Å². The molecule has 7 heteroatoms. The van der Waals surface area contributed by atoms with Crippen molar-refractivity contribution in [3.8, 4) is 0 Å². The molecular formula is C14H15N3O4. The Bertz CT molecular complexity index is 665. The molecule has 110 valence electrons. The molecule has 0 aliphatic heterocycles. The van der Waals surface area contributed by atoms with Crippen molar-refractivity contribution >= 4 is 23.0 Å². The normalized spacial score (nSPS) is 11.8. The molecule has 21 heavy (non-hydrogen) atoms. The number of aliphatic carboxylic acids is 1. The van der Waals surface area contributed by atoms with E-state index in [1.807, 2.05) is 24.3 Å². The first-order valence-corrected chi connectivity index (χ1v) is 6.30. The maximum absolute atomic E-state index is 11.4. The molecule has 0 radical (unpaired) electrons. The maximum Gasteiger partial charge on any atom is 0.408 e. The third kappa shape index (κ3) is 3.59. The Kier molecular flexibility index (Phi) is 4.55. The number of rotatable bonds is 6. The van der Waals surface area contributed by atoms with Gasteiger partial charge in [0.25, 0.3) is 0 Å². The third-order valence-electron chi connectivity index (χ3n) is 2.87. The SMILES string of the molecule is C=CCOC(=O)NC(Cc1[nH]nc2ccccc12)C(=O)O. The number of nitrogens with one attached hydrogen (secondary N) is 2. The minimum Gasteiger partial charge on any atom is -0.480 e. The Morgan fingerprint density at radius 3 is 2.95 bits per heavy atom. The number of ether oxygens (including phenoxy) is 1. The molecule has 1 aromatic heterocycles. The lowest BCUT2D eigenvalue weighted by atomic mass is 10.1. The van der Waals surface area contributed by atoms with Crippen LogP contribution in [-0.2, 0) is 16.0 Å². The molecule has 1 amide bonds. The number of hydrogen-bond donors (Lipinski definition) is 3. The second-order valence-corrected chi connectivity index (χ2v) is 4.35. The van der Waals surface area contributed by atoms with Crippen LogP contribution in [0.2, 0.25) is 0 Å². The molecule has 0 saturated heterocycles. The van der Waals surface area contributed by atoms with Crippen molar-refractivity contribution in [2.75, 3.05) is 6.61 Å². The third-order valence-corrected chi connectivity index (χ3v) is 2.87. The zero-order valence-corrected chi connectivity index (χ0v) is 11.2. The molecule has 3 N–H and O–H groups in total. The molecule has 2 aromatic rings. The summed E-state index contributed by atoms with van der Waals surface area (Å²) in [7, 11) is 0. The lowest BCUT2D eigenvalue weighted by molar-refractivity contribution is -0.139. The van der Waals surface area contributed by atoms with E-state index in [1.165, 1.54) is 6.08 Å². The van der Waals surface area contributed by atoms with Crippen molar-refractivity contribution in [1.82, 2.24) is 15.5 Å². The summed E-state index contributed by atoms with van der Waals surface area (Å²) in [5, 5.41) is 19.2. The van der Waals surface area contributed by atoms with Crippen LogP contribution in [0.15, 0.2) is 36.9 Å². The molecule has 7 nitrogen and oxygen atoms in total. The van der Waals surface area contributed by atoms with E-state index in [4.69, 9.17) is 4.74 Å². The van der Waals surface area contributed by atoms with Crippen molar-refractivity contribution in [2.24, 2.45) is 0 Å². The summed E-state index contributed by atoms with van der Waals surface area (Å²) in [6, 6.07) is 6.22. The lowest BCUT2D eigenvalue weighted by Gasteiger charge is -2.13. The van der Waals surface area contributed by atoms with Crippen LogP contribution in [0.25, 0.3) is 10.9 Å². The van der Waals surface area contributed by atoms with Crippen LogP contribution in [-0.4, -0.2) is 40.0 Å². The molecule has 1 aromatic carbocycles. The van der Waals surface area contributed by atoms with E-state index in [9.17, 15) is 14.7 Å². The van der Waals surface area contributed by atoms with E-state index in [0.29, 0.717) is 5.69 Å². The van der Waals surface area contributed by atoms with Crippen molar-refractivity contribution in [3.05, 3.63) is 42.6 Å². The molecule has 0 spiro atoms. The van der Waals surface area contributed by atoms with Crippen LogP contribution < -0.4 is 5.32 Å². The molecule has 0 aliphatic rings. The Hall–Kier alpha value is -2.83. The number of hydrogen-bond acceptors (Lipinski definition) is 4. The maximum atomic E-state index is 11.4. The number of nitrogens with zero attached hydrogens (tertiary/aromatic N) is 1. The predicted molar refractivity (Wildman–Crippen MR) is 75.9 cm³/mol. The van der Waals surface area contributed by atoms with Crippen LogP contribution >= 0.6 is 0 Å². The zero-order valence-electron chi connectivity index (χ0n) is 11.2. The largest absolute Gasteiger partial charge is 0.480 e. The van der Waals surface area contributed by atoms with Crippen LogP contribution in [0.3, 0.4) is 0 Å². The van der Waals surface area contributed by atoms with Gasteiger partial charge in [0, 0.05) is 17.5 Å². The van der Waals surface area contributed by atoms with Crippen molar-refractivity contribution in [2.45, 2.75) is 12.5 Å². The first-order valence-electron chi connectivity index (χ1n) is 6.30. The molecule has 2 rings (SSSR count). The quantitative estimate of drug-likeness (QED) is 0.698. The van der Waals surface area contributed by atoms with Gasteiger partial charge in [-0.25, -0.2) is 9.59 Å². The van der Waals surface area contributed by atoms with Gasteiger partial charge in [-0.2, -0.15) is 5.10 Å². The average Bonchev–Trinajstić information content (AvgIpc) is 2.87. The summed E-state index contributed by atoms with van der Waals surface area (Å²) in [6.45, 7) is 3.43. The Morgan fingerprint density at radius 1 is 1.48 bits per heavy atom. The van der Waals surface area contributed by atoms with Crippen LogP contribution in [0.5, 0.6) is 0 Å². The smallest absolute Gasteiger partial charge is 0.408 e. The van der Waals surface area contributed by atoms with Gasteiger partial charge in [-0.1, -0.05) is 30.9 Å². The van der Waals surface area contributed by atoms with Gasteiger partial charge in [-0.15, -0.1) is 0 Å². The van der Waals surface area contributed by atoms with Crippen LogP contribution in [0, 0.1) is 0 Å². The molecule has 0 aliphatic carbocycles. The number of fused-ring (bicyclic) bond motifs is 1. The Balaban J connectivity index is 2.11. The average molecular weight is 289 g/mol. The highest BCUT2D eigenvalue weighted by Crippen LogP contribution is 2.16. The number of amides is 1. The Morgan fingerprint density at radius 2 is 2.24 bits per heavy atom. The highest BCUT2D eigenvalue weighted by Gasteiger charge is 2.22. The van der Waals surface area contributed by atoms with E-state index in [-0.39, 0.29) is 13.0 Å². The number of carbonyl (C=O) groups is 2. The predicted octanol–water partition coefficient (Wildman–Crippen LogP) is 1.47. The molecule has 1 atom stereocenters. The zero-order chi connectivity index (χ0) is 15.2. The van der Waals surface area contributed by atoms with Gasteiger partial charge in [-0.3, -0.25) is 5.10 Å². The summed E-state index contributed by atoms with van der Waals surface area (Å²) in [4.78, 5) is 22.7. The number of para-hydroxylation sites is 1. The highest BCUT2D eigenvalue weighted by atomic mass is 16.5. The fourth-order valence-corrected chi connectivity index (χ4v) is 1.89. The number of benzene rings is 1. The molecule has 0 fully saturated rings. The highest BCUT2D eigenvalue weighted by molar-refractivity contribution is 5.84. The second kappa shape index (κ2) is 6.56. The minimum atomic E-state index is -1.15. The summed E-state index contributed by atoms with van der Waals surface area (Å²) in [5.74, 6) is -1.15. The second-order valence-electron chi connectivity index (χ2n) is 4.35. The first-order chi connectivity index (χ1) is 10.1. The molecule has 0 saturated carbocycles. The van der Waals surface area contributed by atoms with Gasteiger partial charge in [0.15, 0.2) is 0 Å². The summed E-state index contributed by atoms with van der Waals surface area (Å²) in [6.07, 6.45) is 0.683. The van der Waals surface area contributed by atoms with Gasteiger partial charge >= 0.3 is 12.1 Å². The molecule has 0 bridgehead atoms. The number of aromatic nitrogens is 2. The first kappa shape index (κ1) is 14.6. The molecule has 1 heterocycles. The summed E-state index contributed by atoms with van der Waals surface area (Å²) < 4.78 is 4.72. The van der Waals surface area contributed by atoms with E-state index in [0.717, 1.165) is 10.9 Å². The van der Waals surface area contributed by atoms with Crippen molar-refractivity contribution in [3.63, 3.8) is 0 Å². The van der Waals surface area contributed by atoms with Crippen LogP contribution in [0.4, 0.5) is 4.79 Å². The van der Waals surface area contributed by atoms with E-state index >= 15 is 0 Å². The number of carboxylic acid groups (broad SMARTS) is 1. The van der Waals surface area contributed by atoms with Gasteiger partial charge < -0.3 is 15.2 Å². The number of carboxylic acids is 1. The minimum absolute atomic E-state index is 0.0190. The van der Waals surface area contributed by atoms with E-state index in [2.05, 4.69) is 22.1 Å². The van der Waals surface area contributed by atoms with E-state index in [1.54, 1.807) is 0 Å². The standard InChI is InChI=1S/C14H15N3O4/c1-2-7-21-14(20)15-12(13(18)19)8-11-9-5-3-4-6-10(9)16-17-11/h2-6,12H,1,7-8H2,(H,15,20)(H,16,17)(H,18,19). The fraction of sp³-hybridized carbons (Fsp3) is 0.214. The lowest BCUT2D eigenvalue weighted by Crippen LogP contribution is -2.42. The number of alkyl carbamates (subject to hydrolysis) is 1. The molecule has 1 unspecified atom stereocenters. The van der Waals surface area contributed by atoms with Crippen LogP contribution in [0.1, 0.15) is 5.69 Å². The van der Waals surface area contributed by atoms with Crippen molar-refractivity contribution in [1.29, 1.82) is 0 Å². The summed E-state index contributed by atoms with van der Waals surface area (Å²) in [5.41, 5.74) is 1.38. The fourth-order valence-electron chi connectivity index (χ4n) is 1.89. The van der Waals surface area contributed by atoms with Crippen molar-refractivity contribution < 1.29 is 19.4 Å². The van der Waals surface area contributed by atoms with Gasteiger partial charge in [0.1, 0.15) is 12.6 Å². The monoisotopic (exact) mass is 289 g/mol. The number of H-pyrrole nitrogens is 1. The van der Waals surface area contributed by atoms with Gasteiger partial charge in [0.2, 0.25) is 0 Å². The Labute approximate surface area is 120 Å². The van der Waals surface area contributed by atoms with Gasteiger partial charge in [-0.05, 0) is 6.07 Å². The summed E-state index contributed by atoms with van der Waals surface area (Å²) >= 11 is 0. The topological polar surface area (TPSA) is 104 Å². The number of aromatic amines is 1. The number of carbonyl (C=O) groups excluding carboxylic acids is 1. The van der Waals surface area contributed by atoms with E-state index < -0.39 is 18.1 Å².